The van der Waals surface area contributed by atoms with E-state index in [9.17, 15) is 9.00 Å². The van der Waals surface area contributed by atoms with E-state index in [1.165, 1.54) is 23.3 Å². The minimum Gasteiger partial charge on any atom is -0.480 e. The van der Waals surface area contributed by atoms with Gasteiger partial charge in [-0.3, -0.25) is 9.48 Å². The van der Waals surface area contributed by atoms with E-state index in [1.54, 1.807) is 0 Å². The van der Waals surface area contributed by atoms with E-state index in [0.717, 1.165) is 0 Å². The van der Waals surface area contributed by atoms with Crippen molar-refractivity contribution in [2.45, 2.75) is 6.54 Å². The summed E-state index contributed by atoms with van der Waals surface area (Å²) in [6.07, 6.45) is 4.38. The monoisotopic (exact) mass is 203 g/mol. The second kappa shape index (κ2) is 4.04. The van der Waals surface area contributed by atoms with Crippen LogP contribution in [0.4, 0.5) is 5.69 Å². The fourth-order valence-corrected chi connectivity index (χ4v) is 1.24. The second-order valence-electron chi connectivity index (χ2n) is 2.38. The lowest BCUT2D eigenvalue weighted by atomic mass is 10.6. The number of hydrogen-bond acceptors (Lipinski definition) is 3. The quantitative estimate of drug-likeness (QED) is 0.702. The molecule has 0 aromatic carbocycles. The van der Waals surface area contributed by atoms with Crippen molar-refractivity contribution in [1.29, 1.82) is 0 Å². The number of aliphatic carboxylic acids is 1. The Hall–Kier alpha value is -1.37. The van der Waals surface area contributed by atoms with Gasteiger partial charge < -0.3 is 9.83 Å². The largest absolute Gasteiger partial charge is 0.480 e. The molecule has 1 heterocycles. The highest BCUT2D eigenvalue weighted by molar-refractivity contribution is 7.85. The van der Waals surface area contributed by atoms with E-state index >= 15 is 0 Å². The number of rotatable bonds is 4. The van der Waals surface area contributed by atoms with Crippen molar-refractivity contribution in [3.8, 4) is 0 Å². The summed E-state index contributed by atoms with van der Waals surface area (Å²) in [5, 5.41) is 12.2. The third kappa shape index (κ3) is 3.24. The molecule has 72 valence electrons. The smallest absolute Gasteiger partial charge is 0.325 e. The molecule has 13 heavy (non-hydrogen) atoms. The van der Waals surface area contributed by atoms with Gasteiger partial charge in [-0.05, 0) is 0 Å². The van der Waals surface area contributed by atoms with Crippen LogP contribution in [0, 0.1) is 0 Å². The molecule has 1 rings (SSSR count). The number of nitrogens with one attached hydrogen (secondary N) is 1. The van der Waals surface area contributed by atoms with Crippen molar-refractivity contribution in [3.63, 3.8) is 0 Å². The zero-order valence-corrected chi connectivity index (χ0v) is 7.74. The standard InChI is InChI=1S/C6H9N3O3S/c1-13(12)8-5-2-7-9(3-5)4-6(10)11/h2-3,8H,4H2,1H3,(H,10,11). The second-order valence-corrected chi connectivity index (χ2v) is 3.49. The maximum atomic E-state index is 10.7. The first kappa shape index (κ1) is 9.72. The maximum Gasteiger partial charge on any atom is 0.325 e. The number of anilines is 1. The fraction of sp³-hybridized carbons (Fsp3) is 0.333. The Labute approximate surface area is 77.1 Å². The molecule has 0 aliphatic rings. The molecule has 6 nitrogen and oxygen atoms in total. The summed E-state index contributed by atoms with van der Waals surface area (Å²) in [5.74, 6) is -0.965. The van der Waals surface area contributed by atoms with Crippen molar-refractivity contribution >= 4 is 22.6 Å². The van der Waals surface area contributed by atoms with Crippen LogP contribution < -0.4 is 4.72 Å². The normalized spacial score (nSPS) is 12.4. The van der Waals surface area contributed by atoms with Crippen LogP contribution in [-0.4, -0.2) is 31.3 Å². The van der Waals surface area contributed by atoms with E-state index in [-0.39, 0.29) is 6.54 Å². The van der Waals surface area contributed by atoms with Gasteiger partial charge in [-0.25, -0.2) is 4.21 Å². The van der Waals surface area contributed by atoms with Gasteiger partial charge >= 0.3 is 5.97 Å². The van der Waals surface area contributed by atoms with Gasteiger partial charge in [-0.1, -0.05) is 0 Å². The van der Waals surface area contributed by atoms with Crippen LogP contribution in [0.15, 0.2) is 12.4 Å². The zero-order chi connectivity index (χ0) is 9.84. The number of nitrogens with zero attached hydrogens (tertiary/aromatic N) is 2. The van der Waals surface area contributed by atoms with Gasteiger partial charge in [0.05, 0.1) is 11.9 Å². The summed E-state index contributed by atoms with van der Waals surface area (Å²) in [7, 11) is -1.17. The molecule has 0 aliphatic carbocycles. The molecule has 2 N–H and O–H groups in total. The fourth-order valence-electron chi connectivity index (χ4n) is 0.807. The molecule has 1 unspecified atom stereocenters. The van der Waals surface area contributed by atoms with Crippen LogP contribution in [-0.2, 0) is 22.3 Å². The number of carboxylic acid groups (broad SMARTS) is 1. The lowest BCUT2D eigenvalue weighted by molar-refractivity contribution is -0.137. The Balaban J connectivity index is 2.63. The number of aromatic nitrogens is 2. The molecule has 0 saturated heterocycles. The van der Waals surface area contributed by atoms with Crippen molar-refractivity contribution in [3.05, 3.63) is 12.4 Å². The summed E-state index contributed by atoms with van der Waals surface area (Å²) >= 11 is 0. The Morgan fingerprint density at radius 2 is 2.54 bits per heavy atom. The minimum absolute atomic E-state index is 0.196. The summed E-state index contributed by atoms with van der Waals surface area (Å²) in [6.45, 7) is -0.196. The van der Waals surface area contributed by atoms with Crippen molar-refractivity contribution in [2.75, 3.05) is 11.0 Å². The third-order valence-electron chi connectivity index (χ3n) is 1.19. The SMILES string of the molecule is CS(=O)Nc1cnn(CC(=O)O)c1. The first-order chi connectivity index (χ1) is 6.08. The van der Waals surface area contributed by atoms with Gasteiger partial charge in [-0.2, -0.15) is 5.10 Å². The van der Waals surface area contributed by atoms with Crippen molar-refractivity contribution in [1.82, 2.24) is 9.78 Å². The van der Waals surface area contributed by atoms with Gasteiger partial charge in [0.1, 0.15) is 17.5 Å². The molecule has 0 bridgehead atoms. The number of hydrogen-bond donors (Lipinski definition) is 2. The highest BCUT2D eigenvalue weighted by Crippen LogP contribution is 2.04. The average Bonchev–Trinajstić information content (AvgIpc) is 2.33. The van der Waals surface area contributed by atoms with Gasteiger partial charge in [0, 0.05) is 12.5 Å². The highest BCUT2D eigenvalue weighted by Gasteiger charge is 2.02. The van der Waals surface area contributed by atoms with E-state index in [0.29, 0.717) is 5.69 Å². The average molecular weight is 203 g/mol. The van der Waals surface area contributed by atoms with E-state index in [2.05, 4.69) is 9.82 Å². The molecular weight excluding hydrogens is 194 g/mol. The minimum atomic E-state index is -1.17. The molecule has 0 spiro atoms. The van der Waals surface area contributed by atoms with E-state index < -0.39 is 17.0 Å². The Morgan fingerprint density at radius 3 is 3.08 bits per heavy atom. The number of carboxylic acids is 1. The molecule has 0 radical (unpaired) electrons. The molecule has 1 aromatic rings. The molecule has 1 aromatic heterocycles. The molecule has 0 aliphatic heterocycles. The summed E-state index contributed by atoms with van der Waals surface area (Å²) in [6, 6.07) is 0. The topological polar surface area (TPSA) is 84.2 Å². The first-order valence-electron chi connectivity index (χ1n) is 3.42. The predicted molar refractivity (Wildman–Crippen MR) is 47.6 cm³/mol. The molecule has 0 fully saturated rings. The van der Waals surface area contributed by atoms with Gasteiger partial charge in [-0.15, -0.1) is 0 Å². The summed E-state index contributed by atoms with van der Waals surface area (Å²) < 4.78 is 14.5. The lowest BCUT2D eigenvalue weighted by Gasteiger charge is -1.95. The third-order valence-corrected chi connectivity index (χ3v) is 1.72. The van der Waals surface area contributed by atoms with Crippen LogP contribution in [0.5, 0.6) is 0 Å². The lowest BCUT2D eigenvalue weighted by Crippen LogP contribution is -2.08. The van der Waals surface area contributed by atoms with Crippen molar-refractivity contribution < 1.29 is 14.1 Å². The Morgan fingerprint density at radius 1 is 1.85 bits per heavy atom. The van der Waals surface area contributed by atoms with E-state index in [1.807, 2.05) is 0 Å². The van der Waals surface area contributed by atoms with Crippen LogP contribution in [0.25, 0.3) is 0 Å². The molecule has 1 atom stereocenters. The van der Waals surface area contributed by atoms with Crippen LogP contribution in [0.2, 0.25) is 0 Å². The van der Waals surface area contributed by atoms with Crippen molar-refractivity contribution in [2.24, 2.45) is 0 Å². The van der Waals surface area contributed by atoms with E-state index in [4.69, 9.17) is 5.11 Å². The van der Waals surface area contributed by atoms with Crippen LogP contribution >= 0.6 is 0 Å². The molecular formula is C6H9N3O3S. The Bertz CT molecular complexity index is 305. The van der Waals surface area contributed by atoms with Gasteiger partial charge in [0.25, 0.3) is 0 Å². The Kier molecular flexibility index (Phi) is 3.02. The van der Waals surface area contributed by atoms with Gasteiger partial charge in [0.15, 0.2) is 0 Å². The summed E-state index contributed by atoms with van der Waals surface area (Å²) in [4.78, 5) is 10.3. The summed E-state index contributed by atoms with van der Waals surface area (Å²) in [5.41, 5.74) is 0.544. The number of carbonyl (C=O) groups is 1. The van der Waals surface area contributed by atoms with Gasteiger partial charge in [0.2, 0.25) is 0 Å². The molecule has 0 amide bonds. The molecule has 0 saturated carbocycles. The first-order valence-corrected chi connectivity index (χ1v) is 4.98. The zero-order valence-electron chi connectivity index (χ0n) is 6.93. The predicted octanol–water partition coefficient (Wildman–Crippen LogP) is -0.327. The molecule has 7 heteroatoms. The highest BCUT2D eigenvalue weighted by atomic mass is 32.2. The van der Waals surface area contributed by atoms with Crippen LogP contribution in [0.1, 0.15) is 0 Å². The maximum absolute atomic E-state index is 10.7. The van der Waals surface area contributed by atoms with Crippen LogP contribution in [0.3, 0.4) is 0 Å².